The minimum absolute atomic E-state index is 0.0883. The first-order valence-corrected chi connectivity index (χ1v) is 7.14. The largest absolute Gasteiger partial charge is 0.341 e. The van der Waals surface area contributed by atoms with Crippen molar-refractivity contribution in [3.63, 3.8) is 0 Å². The first-order valence-electron chi connectivity index (χ1n) is 7.14. The standard InChI is InChI=1S/C15H18N4O2/c1-10-9-19(14(20)13-16-15(21)18-17-13)8-7-12(10)11-5-3-2-4-6-11/h2-6,10,12H,7-9H2,1H3,(H2,16,17,18,21)/t10-,12-/m1/s1. The minimum Gasteiger partial charge on any atom is -0.336 e. The maximum Gasteiger partial charge on any atom is 0.341 e. The van der Waals surface area contributed by atoms with Crippen LogP contribution in [-0.4, -0.2) is 39.1 Å². The van der Waals surface area contributed by atoms with Gasteiger partial charge in [-0.05, 0) is 23.8 Å². The highest BCUT2D eigenvalue weighted by Gasteiger charge is 2.30. The van der Waals surface area contributed by atoms with Crippen LogP contribution in [0.15, 0.2) is 35.1 Å². The zero-order valence-electron chi connectivity index (χ0n) is 11.9. The quantitative estimate of drug-likeness (QED) is 0.874. The number of aromatic amines is 2. The van der Waals surface area contributed by atoms with E-state index in [2.05, 4.69) is 34.2 Å². The smallest absolute Gasteiger partial charge is 0.336 e. The lowest BCUT2D eigenvalue weighted by Gasteiger charge is -2.36. The molecule has 1 amide bonds. The maximum atomic E-state index is 12.3. The maximum absolute atomic E-state index is 12.3. The van der Waals surface area contributed by atoms with Gasteiger partial charge in [-0.1, -0.05) is 37.3 Å². The van der Waals surface area contributed by atoms with Crippen LogP contribution in [0.1, 0.15) is 35.4 Å². The molecule has 0 bridgehead atoms. The van der Waals surface area contributed by atoms with E-state index in [9.17, 15) is 9.59 Å². The van der Waals surface area contributed by atoms with E-state index in [1.54, 1.807) is 4.90 Å². The molecule has 110 valence electrons. The second-order valence-corrected chi connectivity index (χ2v) is 5.56. The van der Waals surface area contributed by atoms with Gasteiger partial charge in [-0.15, -0.1) is 5.10 Å². The summed E-state index contributed by atoms with van der Waals surface area (Å²) in [6.45, 7) is 3.51. The molecule has 1 aromatic heterocycles. The number of piperidine rings is 1. The number of carbonyl (C=O) groups is 1. The molecule has 1 fully saturated rings. The highest BCUT2D eigenvalue weighted by molar-refractivity contribution is 5.90. The van der Waals surface area contributed by atoms with Crippen LogP contribution in [0, 0.1) is 5.92 Å². The first-order chi connectivity index (χ1) is 10.1. The Labute approximate surface area is 122 Å². The lowest BCUT2D eigenvalue weighted by molar-refractivity contribution is 0.0649. The monoisotopic (exact) mass is 286 g/mol. The lowest BCUT2D eigenvalue weighted by Crippen LogP contribution is -2.42. The second kappa shape index (κ2) is 5.55. The topological polar surface area (TPSA) is 81.8 Å². The molecule has 1 aliphatic rings. The highest BCUT2D eigenvalue weighted by atomic mass is 16.2. The molecule has 21 heavy (non-hydrogen) atoms. The summed E-state index contributed by atoms with van der Waals surface area (Å²) < 4.78 is 0. The summed E-state index contributed by atoms with van der Waals surface area (Å²) >= 11 is 0. The van der Waals surface area contributed by atoms with Crippen LogP contribution in [0.25, 0.3) is 0 Å². The van der Waals surface area contributed by atoms with Crippen LogP contribution in [0.5, 0.6) is 0 Å². The van der Waals surface area contributed by atoms with Crippen molar-refractivity contribution in [3.8, 4) is 0 Å². The van der Waals surface area contributed by atoms with Gasteiger partial charge < -0.3 is 4.90 Å². The summed E-state index contributed by atoms with van der Waals surface area (Å²) in [7, 11) is 0. The number of hydrogen-bond acceptors (Lipinski definition) is 3. The van der Waals surface area contributed by atoms with Gasteiger partial charge in [0.05, 0.1) is 0 Å². The molecule has 1 saturated heterocycles. The van der Waals surface area contributed by atoms with Gasteiger partial charge in [-0.3, -0.25) is 9.78 Å². The van der Waals surface area contributed by atoms with Crippen molar-refractivity contribution < 1.29 is 4.79 Å². The van der Waals surface area contributed by atoms with Gasteiger partial charge in [0.25, 0.3) is 5.91 Å². The Morgan fingerprint density at radius 1 is 1.33 bits per heavy atom. The van der Waals surface area contributed by atoms with Gasteiger partial charge >= 0.3 is 5.69 Å². The summed E-state index contributed by atoms with van der Waals surface area (Å²) in [4.78, 5) is 27.5. The van der Waals surface area contributed by atoms with E-state index in [0.29, 0.717) is 24.9 Å². The molecule has 2 N–H and O–H groups in total. The normalized spacial score (nSPS) is 22.2. The number of benzene rings is 1. The molecule has 6 nitrogen and oxygen atoms in total. The number of hydrogen-bond donors (Lipinski definition) is 2. The molecule has 2 heterocycles. The van der Waals surface area contributed by atoms with Crippen LogP contribution < -0.4 is 5.69 Å². The molecule has 2 atom stereocenters. The van der Waals surface area contributed by atoms with Crippen LogP contribution in [-0.2, 0) is 0 Å². The molecule has 2 aromatic rings. The Balaban J connectivity index is 1.71. The number of nitrogens with zero attached hydrogens (tertiary/aromatic N) is 2. The number of carbonyl (C=O) groups excluding carboxylic acids is 1. The summed E-state index contributed by atoms with van der Waals surface area (Å²) in [5.74, 6) is 0.710. The second-order valence-electron chi connectivity index (χ2n) is 5.56. The molecule has 0 radical (unpaired) electrons. The van der Waals surface area contributed by atoms with Crippen molar-refractivity contribution in [1.29, 1.82) is 0 Å². The first kappa shape index (κ1) is 13.6. The molecule has 1 aromatic carbocycles. The van der Waals surface area contributed by atoms with E-state index >= 15 is 0 Å². The molecular formula is C15H18N4O2. The molecule has 0 unspecified atom stereocenters. The van der Waals surface area contributed by atoms with E-state index < -0.39 is 5.69 Å². The molecule has 0 spiro atoms. The number of amides is 1. The summed E-state index contributed by atoms with van der Waals surface area (Å²) in [6, 6.07) is 10.4. The third-order valence-electron chi connectivity index (χ3n) is 4.12. The van der Waals surface area contributed by atoms with Gasteiger partial charge in [-0.2, -0.15) is 0 Å². The summed E-state index contributed by atoms with van der Waals surface area (Å²) in [6.07, 6.45) is 0.922. The van der Waals surface area contributed by atoms with Crippen LogP contribution in [0.4, 0.5) is 0 Å². The molecule has 6 heteroatoms. The van der Waals surface area contributed by atoms with Crippen molar-refractivity contribution in [2.75, 3.05) is 13.1 Å². The lowest BCUT2D eigenvalue weighted by atomic mass is 9.81. The van der Waals surface area contributed by atoms with Gasteiger partial charge in [-0.25, -0.2) is 9.89 Å². The summed E-state index contributed by atoms with van der Waals surface area (Å²) in [5.41, 5.74) is 0.871. The molecular weight excluding hydrogens is 268 g/mol. The minimum atomic E-state index is -0.453. The van der Waals surface area contributed by atoms with Crippen LogP contribution in [0.2, 0.25) is 0 Å². The van der Waals surface area contributed by atoms with Crippen molar-refractivity contribution in [2.45, 2.75) is 19.3 Å². The Kier molecular flexibility index (Phi) is 3.60. The van der Waals surface area contributed by atoms with Gasteiger partial charge in [0.2, 0.25) is 5.82 Å². The molecule has 1 aliphatic heterocycles. The third-order valence-corrected chi connectivity index (χ3v) is 4.12. The van der Waals surface area contributed by atoms with E-state index in [1.165, 1.54) is 5.56 Å². The number of likely N-dealkylation sites (tertiary alicyclic amines) is 1. The fourth-order valence-corrected chi connectivity index (χ4v) is 3.05. The fraction of sp³-hybridized carbons (Fsp3) is 0.400. The Hall–Kier alpha value is -2.37. The molecule has 0 saturated carbocycles. The number of H-pyrrole nitrogens is 2. The fourth-order valence-electron chi connectivity index (χ4n) is 3.05. The molecule has 0 aliphatic carbocycles. The van der Waals surface area contributed by atoms with E-state index in [0.717, 1.165) is 6.42 Å². The van der Waals surface area contributed by atoms with Gasteiger partial charge in [0.15, 0.2) is 0 Å². The van der Waals surface area contributed by atoms with Crippen molar-refractivity contribution in [3.05, 3.63) is 52.2 Å². The van der Waals surface area contributed by atoms with Crippen molar-refractivity contribution in [2.24, 2.45) is 5.92 Å². The Morgan fingerprint density at radius 2 is 2.10 bits per heavy atom. The van der Waals surface area contributed by atoms with Crippen molar-refractivity contribution in [1.82, 2.24) is 20.1 Å². The van der Waals surface area contributed by atoms with E-state index in [4.69, 9.17) is 0 Å². The predicted molar refractivity (Wildman–Crippen MR) is 78.1 cm³/mol. The Bertz CT molecular complexity index is 676. The SMILES string of the molecule is C[C@@H]1CN(C(=O)c2n[nH]c(=O)[nH]2)CC[C@H]1c1ccccc1. The Morgan fingerprint density at radius 3 is 2.71 bits per heavy atom. The summed E-state index contributed by atoms with van der Waals surface area (Å²) in [5, 5.41) is 5.93. The average molecular weight is 286 g/mol. The highest BCUT2D eigenvalue weighted by Crippen LogP contribution is 2.32. The number of aromatic nitrogens is 3. The molecule has 3 rings (SSSR count). The zero-order valence-corrected chi connectivity index (χ0v) is 11.9. The average Bonchev–Trinajstić information content (AvgIpc) is 2.94. The van der Waals surface area contributed by atoms with Crippen molar-refractivity contribution >= 4 is 5.91 Å². The third kappa shape index (κ3) is 2.74. The number of nitrogens with one attached hydrogen (secondary N) is 2. The van der Waals surface area contributed by atoms with E-state index in [1.807, 2.05) is 18.2 Å². The number of rotatable bonds is 2. The van der Waals surface area contributed by atoms with Gasteiger partial charge in [0.1, 0.15) is 0 Å². The predicted octanol–water partition coefficient (Wildman–Crippen LogP) is 1.36. The van der Waals surface area contributed by atoms with E-state index in [-0.39, 0.29) is 11.7 Å². The zero-order chi connectivity index (χ0) is 14.8. The van der Waals surface area contributed by atoms with Crippen LogP contribution >= 0.6 is 0 Å². The van der Waals surface area contributed by atoms with Gasteiger partial charge in [0, 0.05) is 13.1 Å². The van der Waals surface area contributed by atoms with Crippen LogP contribution in [0.3, 0.4) is 0 Å².